The Hall–Kier alpha value is -3.07. The van der Waals surface area contributed by atoms with E-state index < -0.39 is 10.1 Å². The van der Waals surface area contributed by atoms with Crippen LogP contribution in [0.3, 0.4) is 0 Å². The molecule has 0 saturated heterocycles. The van der Waals surface area contributed by atoms with Crippen molar-refractivity contribution >= 4 is 27.7 Å². The summed E-state index contributed by atoms with van der Waals surface area (Å²) in [6, 6.07) is 12.2. The van der Waals surface area contributed by atoms with E-state index in [0.717, 1.165) is 6.42 Å². The van der Waals surface area contributed by atoms with Crippen LogP contribution in [0.4, 0.5) is 10.5 Å². The molecule has 32 heavy (non-hydrogen) atoms. The van der Waals surface area contributed by atoms with Crippen LogP contribution in [0, 0.1) is 0 Å². The van der Waals surface area contributed by atoms with E-state index in [2.05, 4.69) is 10.6 Å². The maximum absolute atomic E-state index is 12.8. The SMILES string of the molecule is CC[C@@H](C)N(Cc1ccccc1OS(=O)(=O)c1ccc(NC(C)=O)cc1)C(=O)NC(C)C. The number of carbonyl (C=O) groups excluding carboxylic acids is 2. The van der Waals surface area contributed by atoms with Crippen molar-refractivity contribution in [2.45, 2.75) is 64.6 Å². The third-order valence-corrected chi connectivity index (χ3v) is 6.02. The topological polar surface area (TPSA) is 105 Å². The molecule has 9 heteroatoms. The molecular weight excluding hydrogens is 430 g/mol. The number of nitrogens with zero attached hydrogens (tertiary/aromatic N) is 1. The van der Waals surface area contributed by atoms with E-state index >= 15 is 0 Å². The summed E-state index contributed by atoms with van der Waals surface area (Å²) in [5.74, 6) is -0.0952. The van der Waals surface area contributed by atoms with Crippen LogP contribution in [0.15, 0.2) is 53.4 Å². The predicted octanol–water partition coefficient (Wildman–Crippen LogP) is 4.13. The summed E-state index contributed by atoms with van der Waals surface area (Å²) in [6.07, 6.45) is 0.744. The van der Waals surface area contributed by atoms with Crippen molar-refractivity contribution in [3.8, 4) is 5.75 Å². The minimum Gasteiger partial charge on any atom is -0.379 e. The number of benzene rings is 2. The maximum Gasteiger partial charge on any atom is 0.339 e. The third-order valence-electron chi connectivity index (χ3n) is 4.77. The van der Waals surface area contributed by atoms with Gasteiger partial charge < -0.3 is 19.7 Å². The standard InChI is InChI=1S/C23H31N3O5S/c1-6-17(4)26(23(28)24-16(2)3)15-19-9-7-8-10-22(19)31-32(29,30)21-13-11-20(12-14-21)25-18(5)27/h7-14,16-17H,6,15H2,1-5H3,(H,24,28)(H,25,27)/t17-/m1/s1. The maximum atomic E-state index is 12.8. The number of hydrogen-bond acceptors (Lipinski definition) is 5. The minimum absolute atomic E-state index is 0.0265. The molecule has 2 N–H and O–H groups in total. The molecule has 0 fully saturated rings. The van der Waals surface area contributed by atoms with E-state index in [0.29, 0.717) is 11.3 Å². The van der Waals surface area contributed by atoms with Gasteiger partial charge in [0.25, 0.3) is 0 Å². The second-order valence-corrected chi connectivity index (χ2v) is 9.39. The zero-order chi connectivity index (χ0) is 23.9. The minimum atomic E-state index is -4.11. The normalized spacial score (nSPS) is 12.2. The van der Waals surface area contributed by atoms with Crippen molar-refractivity contribution < 1.29 is 22.2 Å². The Balaban J connectivity index is 2.28. The van der Waals surface area contributed by atoms with Crippen molar-refractivity contribution in [1.29, 1.82) is 0 Å². The molecule has 0 aromatic heterocycles. The van der Waals surface area contributed by atoms with Crippen LogP contribution in [0.2, 0.25) is 0 Å². The first kappa shape index (κ1) is 25.2. The highest BCUT2D eigenvalue weighted by molar-refractivity contribution is 7.87. The Kier molecular flexibility index (Phi) is 8.65. The van der Waals surface area contributed by atoms with Crippen molar-refractivity contribution in [3.63, 3.8) is 0 Å². The predicted molar refractivity (Wildman–Crippen MR) is 124 cm³/mol. The summed E-state index contributed by atoms with van der Waals surface area (Å²) >= 11 is 0. The van der Waals surface area contributed by atoms with Crippen LogP contribution < -0.4 is 14.8 Å². The van der Waals surface area contributed by atoms with Crippen LogP contribution in [0.25, 0.3) is 0 Å². The average molecular weight is 462 g/mol. The highest BCUT2D eigenvalue weighted by Crippen LogP contribution is 2.26. The molecule has 0 unspecified atom stereocenters. The van der Waals surface area contributed by atoms with Gasteiger partial charge in [0.05, 0.1) is 6.54 Å². The summed E-state index contributed by atoms with van der Waals surface area (Å²) in [5.41, 5.74) is 1.06. The number of amides is 3. The van der Waals surface area contributed by atoms with Crippen LogP contribution in [-0.4, -0.2) is 37.3 Å². The summed E-state index contributed by atoms with van der Waals surface area (Å²) in [6.45, 7) is 9.26. The molecule has 2 aromatic carbocycles. The Bertz CT molecular complexity index is 1040. The van der Waals surface area contributed by atoms with Gasteiger partial charge in [-0.15, -0.1) is 0 Å². The van der Waals surface area contributed by atoms with Gasteiger partial charge in [-0.1, -0.05) is 25.1 Å². The van der Waals surface area contributed by atoms with Gasteiger partial charge >= 0.3 is 16.1 Å². The number of nitrogens with one attached hydrogen (secondary N) is 2. The first-order chi connectivity index (χ1) is 15.0. The highest BCUT2D eigenvalue weighted by Gasteiger charge is 2.23. The van der Waals surface area contributed by atoms with Crippen molar-refractivity contribution in [2.75, 3.05) is 5.32 Å². The quantitative estimate of drug-likeness (QED) is 0.546. The van der Waals surface area contributed by atoms with Crippen molar-refractivity contribution in [3.05, 3.63) is 54.1 Å². The molecular formula is C23H31N3O5S. The molecule has 1 atom stereocenters. The van der Waals surface area contributed by atoms with E-state index in [1.807, 2.05) is 27.7 Å². The lowest BCUT2D eigenvalue weighted by atomic mass is 10.1. The molecule has 0 spiro atoms. The molecule has 8 nitrogen and oxygen atoms in total. The number of urea groups is 1. The van der Waals surface area contributed by atoms with Crippen LogP contribution in [-0.2, 0) is 21.5 Å². The van der Waals surface area contributed by atoms with E-state index in [1.54, 1.807) is 29.2 Å². The Labute approximate surface area is 190 Å². The van der Waals surface area contributed by atoms with Gasteiger partial charge in [-0.05, 0) is 57.5 Å². The van der Waals surface area contributed by atoms with Gasteiger partial charge in [0.2, 0.25) is 5.91 Å². The fraction of sp³-hybridized carbons (Fsp3) is 0.391. The zero-order valence-electron chi connectivity index (χ0n) is 19.1. The smallest absolute Gasteiger partial charge is 0.339 e. The number of hydrogen-bond donors (Lipinski definition) is 2. The molecule has 2 rings (SSSR count). The Morgan fingerprint density at radius 2 is 1.66 bits per heavy atom. The fourth-order valence-corrected chi connectivity index (χ4v) is 3.92. The van der Waals surface area contributed by atoms with Crippen LogP contribution >= 0.6 is 0 Å². The number of para-hydroxylation sites is 1. The second kappa shape index (κ2) is 11.0. The molecule has 2 aromatic rings. The average Bonchev–Trinajstić information content (AvgIpc) is 2.71. The monoisotopic (exact) mass is 461 g/mol. The van der Waals surface area contributed by atoms with E-state index in [4.69, 9.17) is 4.18 Å². The molecule has 0 aliphatic heterocycles. The van der Waals surface area contributed by atoms with Gasteiger partial charge in [0.15, 0.2) is 0 Å². The van der Waals surface area contributed by atoms with Crippen molar-refractivity contribution in [2.24, 2.45) is 0 Å². The third kappa shape index (κ3) is 6.98. The van der Waals surface area contributed by atoms with Gasteiger partial charge in [0, 0.05) is 30.3 Å². The number of rotatable bonds is 9. The lowest BCUT2D eigenvalue weighted by molar-refractivity contribution is -0.114. The summed E-state index contributed by atoms with van der Waals surface area (Å²) < 4.78 is 31.1. The van der Waals surface area contributed by atoms with Gasteiger partial charge in [-0.2, -0.15) is 8.42 Å². The molecule has 0 bridgehead atoms. The fourth-order valence-electron chi connectivity index (χ4n) is 2.95. The molecule has 0 saturated carbocycles. The summed E-state index contributed by atoms with van der Waals surface area (Å²) in [4.78, 5) is 25.5. The molecule has 0 heterocycles. The summed E-state index contributed by atoms with van der Waals surface area (Å²) in [5, 5.41) is 5.47. The number of anilines is 1. The first-order valence-electron chi connectivity index (χ1n) is 10.5. The Morgan fingerprint density at radius 3 is 2.22 bits per heavy atom. The van der Waals surface area contributed by atoms with Crippen LogP contribution in [0.1, 0.15) is 46.6 Å². The molecule has 0 aliphatic carbocycles. The van der Waals surface area contributed by atoms with Gasteiger partial charge in [-0.3, -0.25) is 4.79 Å². The number of carbonyl (C=O) groups is 2. The van der Waals surface area contributed by atoms with Crippen molar-refractivity contribution in [1.82, 2.24) is 10.2 Å². The Morgan fingerprint density at radius 1 is 1.03 bits per heavy atom. The van der Waals surface area contributed by atoms with Crippen LogP contribution in [0.5, 0.6) is 5.75 Å². The second-order valence-electron chi connectivity index (χ2n) is 7.84. The van der Waals surface area contributed by atoms with E-state index in [1.165, 1.54) is 31.2 Å². The van der Waals surface area contributed by atoms with Gasteiger partial charge in [-0.25, -0.2) is 4.79 Å². The highest BCUT2D eigenvalue weighted by atomic mass is 32.2. The molecule has 3 amide bonds. The van der Waals surface area contributed by atoms with Gasteiger partial charge in [0.1, 0.15) is 10.6 Å². The van der Waals surface area contributed by atoms with E-state index in [9.17, 15) is 18.0 Å². The largest absolute Gasteiger partial charge is 0.379 e. The molecule has 0 radical (unpaired) electrons. The first-order valence-corrected chi connectivity index (χ1v) is 11.9. The molecule has 0 aliphatic rings. The lowest BCUT2D eigenvalue weighted by Crippen LogP contribution is -2.46. The molecule has 174 valence electrons. The zero-order valence-corrected chi connectivity index (χ0v) is 19.9. The summed E-state index contributed by atoms with van der Waals surface area (Å²) in [7, 11) is -4.11. The van der Waals surface area contributed by atoms with E-state index in [-0.39, 0.29) is 41.2 Å². The lowest BCUT2D eigenvalue weighted by Gasteiger charge is -2.30.